The van der Waals surface area contributed by atoms with Crippen molar-refractivity contribution in [2.75, 3.05) is 13.2 Å². The summed E-state index contributed by atoms with van der Waals surface area (Å²) in [4.78, 5) is 37.9. The first-order valence-electron chi connectivity index (χ1n) is 25.2. The van der Waals surface area contributed by atoms with Gasteiger partial charge in [-0.15, -0.1) is 0 Å². The molecule has 1 unspecified atom stereocenters. The van der Waals surface area contributed by atoms with Crippen LogP contribution in [0.4, 0.5) is 0 Å². The first-order chi connectivity index (χ1) is 32.5. The Hall–Kier alpha value is -5.23. The zero-order chi connectivity index (χ0) is 47.9. The van der Waals surface area contributed by atoms with Crippen LogP contribution in [0.15, 0.2) is 170 Å². The fraction of sp³-hybridized carbons (Fsp3) is 0.483. The van der Waals surface area contributed by atoms with Crippen LogP contribution >= 0.6 is 0 Å². The summed E-state index contributed by atoms with van der Waals surface area (Å²) < 4.78 is 16.6. The van der Waals surface area contributed by atoms with Crippen molar-refractivity contribution in [2.24, 2.45) is 0 Å². The van der Waals surface area contributed by atoms with Crippen molar-refractivity contribution in [3.63, 3.8) is 0 Å². The molecular formula is C60H88O6. The highest BCUT2D eigenvalue weighted by Gasteiger charge is 2.19. The van der Waals surface area contributed by atoms with E-state index in [0.717, 1.165) is 103 Å². The largest absolute Gasteiger partial charge is 0.462 e. The molecule has 0 bridgehead atoms. The van der Waals surface area contributed by atoms with E-state index in [1.165, 1.54) is 12.8 Å². The molecule has 0 aromatic heterocycles. The van der Waals surface area contributed by atoms with E-state index in [9.17, 15) is 14.4 Å². The Morgan fingerprint density at radius 2 is 0.667 bits per heavy atom. The lowest BCUT2D eigenvalue weighted by Crippen LogP contribution is -2.30. The van der Waals surface area contributed by atoms with Crippen LogP contribution in [-0.2, 0) is 28.6 Å². The average molecular weight is 905 g/mol. The predicted octanol–water partition coefficient (Wildman–Crippen LogP) is 16.8. The minimum absolute atomic E-state index is 0.153. The zero-order valence-electron chi connectivity index (χ0n) is 41.4. The van der Waals surface area contributed by atoms with Gasteiger partial charge in [-0.25, -0.2) is 0 Å². The Kier molecular flexibility index (Phi) is 48.2. The lowest BCUT2D eigenvalue weighted by Gasteiger charge is -2.18. The normalized spacial score (nSPS) is 13.6. The smallest absolute Gasteiger partial charge is 0.306 e. The zero-order valence-corrected chi connectivity index (χ0v) is 41.4. The van der Waals surface area contributed by atoms with Crippen molar-refractivity contribution in [2.45, 2.75) is 175 Å². The molecule has 0 saturated carbocycles. The molecule has 364 valence electrons. The van der Waals surface area contributed by atoms with E-state index in [-0.39, 0.29) is 50.4 Å². The van der Waals surface area contributed by atoms with Crippen molar-refractivity contribution < 1.29 is 28.6 Å². The molecule has 6 heteroatoms. The lowest BCUT2D eigenvalue weighted by atomic mass is 10.1. The molecule has 0 rings (SSSR count). The standard InChI is InChI=1S/C60H88O6/c1-4-7-10-13-16-19-22-25-27-29-30-31-33-35-38-41-44-47-50-53-59(62)65-56-57(55-64-58(61)52-49-46-43-40-37-34-24-21-18-15-12-9-6-3)66-60(63)54-51-48-45-42-39-36-32-28-26-23-20-17-14-11-8-5-2/h7-12,15-21,24-28,30-31,34-35,37-38,40,43-44,47,57H,4-6,13-14,22-23,29,32-33,36,39,41-42,45-46,48-56H2,1-3H3/b10-7-,11-8-,12-9-,18-15-,19-16-,20-17-,24-21-,27-25-,28-26-,31-30-,37-34-,38-35-,43-40-,47-44-. The first-order valence-corrected chi connectivity index (χ1v) is 25.2. The van der Waals surface area contributed by atoms with Crippen LogP contribution in [0, 0.1) is 0 Å². The van der Waals surface area contributed by atoms with Crippen molar-refractivity contribution in [1.29, 1.82) is 0 Å². The number of allylic oxidation sites excluding steroid dienone is 28. The lowest BCUT2D eigenvalue weighted by molar-refractivity contribution is -0.166. The molecule has 0 radical (unpaired) electrons. The van der Waals surface area contributed by atoms with Gasteiger partial charge in [-0.2, -0.15) is 0 Å². The van der Waals surface area contributed by atoms with E-state index in [2.05, 4.69) is 124 Å². The Labute approximate surface area is 402 Å². The maximum Gasteiger partial charge on any atom is 0.306 e. The van der Waals surface area contributed by atoms with Crippen LogP contribution in [0.3, 0.4) is 0 Å². The third-order valence-electron chi connectivity index (χ3n) is 9.59. The van der Waals surface area contributed by atoms with Gasteiger partial charge in [-0.3, -0.25) is 14.4 Å². The SMILES string of the molecule is CC\C=C/C=C\C=C/C=C\C=C/CCCC(=O)OCC(COC(=O)CC/C=C\C/C=C\C/C=C\C/C=C\C/C=C\C/C=C\CC)OC(=O)CCCCCCCC/C=C\C/C=C\C/C=C\CC. The molecule has 0 aliphatic heterocycles. The summed E-state index contributed by atoms with van der Waals surface area (Å²) in [6.07, 6.45) is 77.8. The summed E-state index contributed by atoms with van der Waals surface area (Å²) in [7, 11) is 0. The summed E-state index contributed by atoms with van der Waals surface area (Å²) in [6, 6.07) is 0. The molecule has 0 amide bonds. The fourth-order valence-corrected chi connectivity index (χ4v) is 5.92. The van der Waals surface area contributed by atoms with E-state index in [1.54, 1.807) is 0 Å². The summed E-state index contributed by atoms with van der Waals surface area (Å²) in [5.74, 6) is -1.14. The number of unbranched alkanes of at least 4 members (excludes halogenated alkanes) is 7. The van der Waals surface area contributed by atoms with E-state index < -0.39 is 6.10 Å². The highest BCUT2D eigenvalue weighted by atomic mass is 16.6. The van der Waals surface area contributed by atoms with E-state index in [4.69, 9.17) is 14.2 Å². The van der Waals surface area contributed by atoms with Crippen molar-refractivity contribution in [3.8, 4) is 0 Å². The maximum absolute atomic E-state index is 12.8. The first kappa shape index (κ1) is 60.8. The summed E-state index contributed by atoms with van der Waals surface area (Å²) in [5, 5.41) is 0. The molecule has 0 saturated heterocycles. The second-order valence-electron chi connectivity index (χ2n) is 15.7. The molecule has 1 atom stereocenters. The van der Waals surface area contributed by atoms with Crippen molar-refractivity contribution >= 4 is 17.9 Å². The monoisotopic (exact) mass is 905 g/mol. The van der Waals surface area contributed by atoms with Gasteiger partial charge in [0, 0.05) is 19.3 Å². The number of ether oxygens (including phenoxy) is 3. The molecule has 0 heterocycles. The Bertz CT molecular complexity index is 1600. The number of carbonyl (C=O) groups excluding carboxylic acids is 3. The van der Waals surface area contributed by atoms with Gasteiger partial charge in [0.15, 0.2) is 6.10 Å². The number of carbonyl (C=O) groups is 3. The molecule has 0 N–H and O–H groups in total. The molecule has 0 fully saturated rings. The van der Waals surface area contributed by atoms with Gasteiger partial charge in [-0.1, -0.05) is 217 Å². The fourth-order valence-electron chi connectivity index (χ4n) is 5.92. The van der Waals surface area contributed by atoms with Gasteiger partial charge >= 0.3 is 17.9 Å². The highest BCUT2D eigenvalue weighted by Crippen LogP contribution is 2.11. The molecular weight excluding hydrogens is 817 g/mol. The van der Waals surface area contributed by atoms with Gasteiger partial charge in [-0.05, 0) is 103 Å². The van der Waals surface area contributed by atoms with Crippen LogP contribution < -0.4 is 0 Å². The van der Waals surface area contributed by atoms with Crippen LogP contribution in [-0.4, -0.2) is 37.2 Å². The minimum Gasteiger partial charge on any atom is -0.462 e. The Morgan fingerprint density at radius 3 is 1.15 bits per heavy atom. The predicted molar refractivity (Wildman–Crippen MR) is 283 cm³/mol. The van der Waals surface area contributed by atoms with Gasteiger partial charge in [0.25, 0.3) is 0 Å². The molecule has 0 aliphatic carbocycles. The van der Waals surface area contributed by atoms with Crippen molar-refractivity contribution in [3.05, 3.63) is 170 Å². The minimum atomic E-state index is -0.853. The molecule has 6 nitrogen and oxygen atoms in total. The van der Waals surface area contributed by atoms with Crippen LogP contribution in [0.5, 0.6) is 0 Å². The van der Waals surface area contributed by atoms with Crippen LogP contribution in [0.1, 0.15) is 168 Å². The van der Waals surface area contributed by atoms with Gasteiger partial charge in [0.05, 0.1) is 0 Å². The quantitative estimate of drug-likeness (QED) is 0.0200. The number of rotatable bonds is 42. The van der Waals surface area contributed by atoms with E-state index >= 15 is 0 Å². The van der Waals surface area contributed by atoms with Crippen molar-refractivity contribution in [1.82, 2.24) is 0 Å². The third-order valence-corrected chi connectivity index (χ3v) is 9.59. The number of hydrogen-bond donors (Lipinski definition) is 0. The average Bonchev–Trinajstić information content (AvgIpc) is 3.31. The molecule has 0 aromatic carbocycles. The van der Waals surface area contributed by atoms with Gasteiger partial charge < -0.3 is 14.2 Å². The number of esters is 3. The summed E-state index contributed by atoms with van der Waals surface area (Å²) in [6.45, 7) is 6.09. The van der Waals surface area contributed by atoms with E-state index in [1.807, 2.05) is 66.8 Å². The van der Waals surface area contributed by atoms with Crippen LogP contribution in [0.25, 0.3) is 0 Å². The van der Waals surface area contributed by atoms with Gasteiger partial charge in [0.1, 0.15) is 13.2 Å². The second kappa shape index (κ2) is 52.4. The Balaban J connectivity index is 4.65. The summed E-state index contributed by atoms with van der Waals surface area (Å²) in [5.41, 5.74) is 0. The van der Waals surface area contributed by atoms with Gasteiger partial charge in [0.2, 0.25) is 0 Å². The molecule has 0 aromatic rings. The number of hydrogen-bond acceptors (Lipinski definition) is 6. The second-order valence-corrected chi connectivity index (χ2v) is 15.7. The van der Waals surface area contributed by atoms with Crippen LogP contribution in [0.2, 0.25) is 0 Å². The van der Waals surface area contributed by atoms with E-state index in [0.29, 0.717) is 12.8 Å². The maximum atomic E-state index is 12.8. The molecule has 0 aliphatic rings. The summed E-state index contributed by atoms with van der Waals surface area (Å²) >= 11 is 0. The topological polar surface area (TPSA) is 78.9 Å². The molecule has 0 spiro atoms. The third kappa shape index (κ3) is 49.8. The Morgan fingerprint density at radius 1 is 0.318 bits per heavy atom. The molecule has 66 heavy (non-hydrogen) atoms. The highest BCUT2D eigenvalue weighted by molar-refractivity contribution is 5.71.